The summed E-state index contributed by atoms with van der Waals surface area (Å²) in [6, 6.07) is 13.1. The van der Waals surface area contributed by atoms with Gasteiger partial charge in [0.05, 0.1) is 12.1 Å². The number of carbonyl (C=O) groups is 1. The first-order valence-electron chi connectivity index (χ1n) is 14.6. The molecule has 0 spiro atoms. The summed E-state index contributed by atoms with van der Waals surface area (Å²) >= 11 is 0. The van der Waals surface area contributed by atoms with Crippen LogP contribution < -0.4 is 5.32 Å². The molecule has 0 saturated heterocycles. The largest absolute Gasteiger partial charge is 0.337 e. The van der Waals surface area contributed by atoms with Crippen LogP contribution in [0, 0.1) is 5.92 Å². The summed E-state index contributed by atoms with van der Waals surface area (Å²) in [5, 5.41) is 5.68. The van der Waals surface area contributed by atoms with Crippen molar-refractivity contribution in [1.82, 2.24) is 29.3 Å². The van der Waals surface area contributed by atoms with Crippen molar-refractivity contribution >= 4 is 39.6 Å². The van der Waals surface area contributed by atoms with E-state index in [-0.39, 0.29) is 5.91 Å². The van der Waals surface area contributed by atoms with Crippen molar-refractivity contribution < 1.29 is 4.79 Å². The first kappa shape index (κ1) is 25.7. The SMILES string of the molecule is CCN(CC)CC(=O)N1CCc2nc(Nc3ncc4c5ccccc5n(C5CCC(C)CC5)c4n3)ccc2C1. The molecular weight excluding hydrogens is 486 g/mol. The second kappa shape index (κ2) is 10.9. The molecule has 6 rings (SSSR count). The van der Waals surface area contributed by atoms with Crippen molar-refractivity contribution in [3.8, 4) is 0 Å². The Kier molecular flexibility index (Phi) is 7.21. The van der Waals surface area contributed by atoms with Gasteiger partial charge < -0.3 is 14.8 Å². The minimum absolute atomic E-state index is 0.191. The monoisotopic (exact) mass is 525 g/mol. The van der Waals surface area contributed by atoms with Gasteiger partial charge in [0.15, 0.2) is 0 Å². The van der Waals surface area contributed by atoms with E-state index in [9.17, 15) is 4.79 Å². The van der Waals surface area contributed by atoms with Crippen LogP contribution in [0.3, 0.4) is 0 Å². The van der Waals surface area contributed by atoms with Crippen molar-refractivity contribution in [2.75, 3.05) is 31.5 Å². The van der Waals surface area contributed by atoms with E-state index >= 15 is 0 Å². The van der Waals surface area contributed by atoms with Crippen LogP contribution in [-0.2, 0) is 17.8 Å². The fraction of sp³-hybridized carbons (Fsp3) is 0.484. The van der Waals surface area contributed by atoms with E-state index in [4.69, 9.17) is 9.97 Å². The number of likely N-dealkylation sites (N-methyl/N-ethyl adjacent to an activating group) is 1. The number of amides is 1. The van der Waals surface area contributed by atoms with E-state index in [0.29, 0.717) is 31.6 Å². The third-order valence-corrected chi connectivity index (χ3v) is 8.70. The normalized spacial score (nSPS) is 19.5. The Bertz CT molecular complexity index is 1480. The van der Waals surface area contributed by atoms with Gasteiger partial charge in [0.1, 0.15) is 11.5 Å². The van der Waals surface area contributed by atoms with Crippen molar-refractivity contribution in [3.05, 3.63) is 53.9 Å². The molecule has 204 valence electrons. The van der Waals surface area contributed by atoms with Crippen molar-refractivity contribution in [1.29, 1.82) is 0 Å². The zero-order chi connectivity index (χ0) is 26.9. The van der Waals surface area contributed by atoms with Crippen LogP contribution in [0.4, 0.5) is 11.8 Å². The number of aromatic nitrogens is 4. The standard InChI is InChI=1S/C31H39N7O/c1-4-36(5-2)20-29(39)37-17-16-26-22(19-37)12-15-28(33-26)34-31-32-18-25-24-8-6-7-9-27(24)38(30(25)35-31)23-13-10-21(3)11-14-23/h6-9,12,15,18,21,23H,4-5,10-11,13-14,16-17,19-20H2,1-3H3,(H,32,33,34,35). The summed E-state index contributed by atoms with van der Waals surface area (Å²) in [5.41, 5.74) is 4.39. The Hall–Kier alpha value is -3.52. The highest BCUT2D eigenvalue weighted by molar-refractivity contribution is 6.06. The number of para-hydroxylation sites is 1. The highest BCUT2D eigenvalue weighted by atomic mass is 16.2. The Morgan fingerprint density at radius 3 is 2.62 bits per heavy atom. The number of pyridine rings is 1. The molecule has 1 aromatic carbocycles. The molecule has 1 saturated carbocycles. The summed E-state index contributed by atoms with van der Waals surface area (Å²) in [7, 11) is 0. The number of hydrogen-bond donors (Lipinski definition) is 1. The van der Waals surface area contributed by atoms with Crippen LogP contribution in [0.5, 0.6) is 0 Å². The van der Waals surface area contributed by atoms with E-state index in [1.807, 2.05) is 17.2 Å². The van der Waals surface area contributed by atoms with Gasteiger partial charge in [-0.2, -0.15) is 4.98 Å². The molecule has 8 nitrogen and oxygen atoms in total. The van der Waals surface area contributed by atoms with E-state index in [1.165, 1.54) is 36.6 Å². The molecule has 1 amide bonds. The Labute approximate surface area is 230 Å². The average molecular weight is 526 g/mol. The molecule has 1 fully saturated rings. The molecule has 1 aliphatic heterocycles. The van der Waals surface area contributed by atoms with Gasteiger partial charge in [-0.3, -0.25) is 9.69 Å². The maximum Gasteiger partial charge on any atom is 0.237 e. The molecule has 0 bridgehead atoms. The lowest BCUT2D eigenvalue weighted by molar-refractivity contribution is -0.133. The molecule has 0 atom stereocenters. The molecule has 1 aliphatic carbocycles. The van der Waals surface area contributed by atoms with Gasteiger partial charge in [-0.15, -0.1) is 0 Å². The smallest absolute Gasteiger partial charge is 0.237 e. The lowest BCUT2D eigenvalue weighted by Crippen LogP contribution is -2.42. The first-order valence-corrected chi connectivity index (χ1v) is 14.6. The topological polar surface area (TPSA) is 79.2 Å². The molecule has 0 unspecified atom stereocenters. The quantitative estimate of drug-likeness (QED) is 0.333. The molecule has 8 heteroatoms. The lowest BCUT2D eigenvalue weighted by Gasteiger charge is -2.30. The molecule has 2 aliphatic rings. The molecule has 1 N–H and O–H groups in total. The Morgan fingerprint density at radius 1 is 1.03 bits per heavy atom. The number of rotatable bonds is 7. The van der Waals surface area contributed by atoms with Gasteiger partial charge >= 0.3 is 0 Å². The van der Waals surface area contributed by atoms with Crippen LogP contribution in [0.15, 0.2) is 42.6 Å². The molecule has 4 heterocycles. The van der Waals surface area contributed by atoms with Gasteiger partial charge in [0, 0.05) is 48.2 Å². The van der Waals surface area contributed by atoms with E-state index < -0.39 is 0 Å². The molecular formula is C31H39N7O. The summed E-state index contributed by atoms with van der Waals surface area (Å²) in [5.74, 6) is 2.29. The van der Waals surface area contributed by atoms with Gasteiger partial charge in [-0.25, -0.2) is 9.97 Å². The number of anilines is 2. The Balaban J connectivity index is 1.24. The van der Waals surface area contributed by atoms with Crippen LogP contribution in [0.1, 0.15) is 63.8 Å². The van der Waals surface area contributed by atoms with Crippen molar-refractivity contribution in [2.45, 2.75) is 65.5 Å². The fourth-order valence-corrected chi connectivity index (χ4v) is 6.25. The minimum atomic E-state index is 0.191. The predicted octanol–water partition coefficient (Wildman–Crippen LogP) is 5.70. The second-order valence-corrected chi connectivity index (χ2v) is 11.2. The summed E-state index contributed by atoms with van der Waals surface area (Å²) in [6.45, 7) is 10.1. The first-order chi connectivity index (χ1) is 19.0. The van der Waals surface area contributed by atoms with E-state index in [0.717, 1.165) is 53.5 Å². The summed E-state index contributed by atoms with van der Waals surface area (Å²) in [6.07, 6.45) is 7.58. The number of nitrogens with one attached hydrogen (secondary N) is 1. The van der Waals surface area contributed by atoms with Gasteiger partial charge in [0.2, 0.25) is 11.9 Å². The van der Waals surface area contributed by atoms with Crippen LogP contribution in [0.25, 0.3) is 21.9 Å². The fourth-order valence-electron chi connectivity index (χ4n) is 6.25. The molecule has 4 aromatic rings. The maximum absolute atomic E-state index is 12.8. The number of nitrogens with zero attached hydrogens (tertiary/aromatic N) is 6. The minimum Gasteiger partial charge on any atom is -0.337 e. The van der Waals surface area contributed by atoms with Crippen LogP contribution in [-0.4, -0.2) is 61.4 Å². The van der Waals surface area contributed by atoms with Crippen molar-refractivity contribution in [3.63, 3.8) is 0 Å². The van der Waals surface area contributed by atoms with E-state index in [2.05, 4.69) is 70.9 Å². The maximum atomic E-state index is 12.8. The number of fused-ring (bicyclic) bond motifs is 4. The highest BCUT2D eigenvalue weighted by Crippen LogP contribution is 2.38. The second-order valence-electron chi connectivity index (χ2n) is 11.2. The highest BCUT2D eigenvalue weighted by Gasteiger charge is 2.25. The van der Waals surface area contributed by atoms with Gasteiger partial charge in [-0.05, 0) is 62.4 Å². The zero-order valence-electron chi connectivity index (χ0n) is 23.4. The molecule has 39 heavy (non-hydrogen) atoms. The third kappa shape index (κ3) is 5.10. The Morgan fingerprint density at radius 2 is 1.82 bits per heavy atom. The van der Waals surface area contributed by atoms with E-state index in [1.54, 1.807) is 0 Å². The number of hydrogen-bond acceptors (Lipinski definition) is 6. The average Bonchev–Trinajstić information content (AvgIpc) is 3.29. The van der Waals surface area contributed by atoms with Gasteiger partial charge in [0.25, 0.3) is 0 Å². The summed E-state index contributed by atoms with van der Waals surface area (Å²) < 4.78 is 2.45. The molecule has 0 radical (unpaired) electrons. The van der Waals surface area contributed by atoms with Crippen LogP contribution in [0.2, 0.25) is 0 Å². The summed E-state index contributed by atoms with van der Waals surface area (Å²) in [4.78, 5) is 31.5. The number of benzene rings is 1. The van der Waals surface area contributed by atoms with Crippen molar-refractivity contribution in [2.24, 2.45) is 5.92 Å². The lowest BCUT2D eigenvalue weighted by atomic mass is 9.87. The number of carbonyl (C=O) groups excluding carboxylic acids is 1. The van der Waals surface area contributed by atoms with Crippen LogP contribution >= 0.6 is 0 Å². The predicted molar refractivity (Wildman–Crippen MR) is 156 cm³/mol. The molecule has 3 aromatic heterocycles. The third-order valence-electron chi connectivity index (χ3n) is 8.70. The van der Waals surface area contributed by atoms with Gasteiger partial charge in [-0.1, -0.05) is 45.0 Å². The zero-order valence-corrected chi connectivity index (χ0v) is 23.4.